The van der Waals surface area contributed by atoms with Crippen molar-refractivity contribution >= 4 is 5.97 Å². The fourth-order valence-corrected chi connectivity index (χ4v) is 3.52. The number of benzene rings is 2. The standard InChI is InChI=1S/C25H30O6/c1-4-15-27-25-24(29-17-21-13-9-6-10-14-21)23(22(18(2)30-25)31-19(3)26)28-16-20-11-7-5-8-12-20/h4-14,18,22-25H,1,15-17H2,2-3H3/t18-,22-,23+,24+,25+/m0/s1. The minimum atomic E-state index is -0.690. The largest absolute Gasteiger partial charge is 0.457 e. The zero-order chi connectivity index (χ0) is 22.1. The van der Waals surface area contributed by atoms with Gasteiger partial charge >= 0.3 is 5.97 Å². The van der Waals surface area contributed by atoms with Gasteiger partial charge in [-0.1, -0.05) is 66.7 Å². The Labute approximate surface area is 183 Å². The normalized spacial score (nSPS) is 25.7. The number of carbonyl (C=O) groups is 1. The summed E-state index contributed by atoms with van der Waals surface area (Å²) in [5.74, 6) is -0.402. The Bertz CT molecular complexity index is 809. The SMILES string of the molecule is C=CCO[C@@H]1O[C@@H](C)[C@H](OC(C)=O)[C@@H](OCc2ccccc2)[C@H]1OCc1ccccc1. The Kier molecular flexibility index (Phi) is 8.79. The van der Waals surface area contributed by atoms with E-state index in [0.29, 0.717) is 19.8 Å². The number of esters is 1. The smallest absolute Gasteiger partial charge is 0.303 e. The lowest BCUT2D eigenvalue weighted by Gasteiger charge is -2.44. The minimum absolute atomic E-state index is 0.298. The molecule has 6 heteroatoms. The lowest BCUT2D eigenvalue weighted by atomic mass is 9.98. The van der Waals surface area contributed by atoms with E-state index in [-0.39, 0.29) is 0 Å². The van der Waals surface area contributed by atoms with Gasteiger partial charge in [-0.2, -0.15) is 0 Å². The molecule has 1 saturated heterocycles. The summed E-state index contributed by atoms with van der Waals surface area (Å²) >= 11 is 0. The second-order valence-corrected chi connectivity index (χ2v) is 7.43. The molecule has 0 amide bonds. The molecule has 3 rings (SSSR count). The van der Waals surface area contributed by atoms with Gasteiger partial charge in [0.25, 0.3) is 0 Å². The predicted molar refractivity (Wildman–Crippen MR) is 116 cm³/mol. The summed E-state index contributed by atoms with van der Waals surface area (Å²) in [4.78, 5) is 11.8. The first-order chi connectivity index (χ1) is 15.1. The van der Waals surface area contributed by atoms with E-state index in [9.17, 15) is 4.79 Å². The van der Waals surface area contributed by atoms with Crippen LogP contribution >= 0.6 is 0 Å². The van der Waals surface area contributed by atoms with Crippen LogP contribution in [-0.4, -0.2) is 43.3 Å². The molecule has 1 aliphatic heterocycles. The summed E-state index contributed by atoms with van der Waals surface area (Å²) < 4.78 is 30.0. The van der Waals surface area contributed by atoms with Gasteiger partial charge in [0, 0.05) is 6.92 Å². The van der Waals surface area contributed by atoms with Crippen LogP contribution < -0.4 is 0 Å². The fourth-order valence-electron chi connectivity index (χ4n) is 3.52. The number of hydrogen-bond acceptors (Lipinski definition) is 6. The third-order valence-electron chi connectivity index (χ3n) is 4.98. The van der Waals surface area contributed by atoms with Gasteiger partial charge in [0.2, 0.25) is 0 Å². The number of rotatable bonds is 10. The van der Waals surface area contributed by atoms with Crippen LogP contribution in [0.1, 0.15) is 25.0 Å². The molecular weight excluding hydrogens is 396 g/mol. The second-order valence-electron chi connectivity index (χ2n) is 7.43. The molecule has 2 aromatic rings. The van der Waals surface area contributed by atoms with Crippen LogP contribution in [0.5, 0.6) is 0 Å². The topological polar surface area (TPSA) is 63.2 Å². The molecule has 0 aliphatic carbocycles. The molecule has 31 heavy (non-hydrogen) atoms. The highest BCUT2D eigenvalue weighted by atomic mass is 16.7. The lowest BCUT2D eigenvalue weighted by Crippen LogP contribution is -2.60. The maximum atomic E-state index is 11.8. The zero-order valence-corrected chi connectivity index (χ0v) is 18.0. The van der Waals surface area contributed by atoms with E-state index >= 15 is 0 Å². The molecule has 1 aliphatic rings. The Morgan fingerprint density at radius 1 is 0.903 bits per heavy atom. The average Bonchev–Trinajstić information content (AvgIpc) is 2.78. The summed E-state index contributed by atoms with van der Waals surface area (Å²) in [6, 6.07) is 19.6. The van der Waals surface area contributed by atoms with Crippen LogP contribution in [0.3, 0.4) is 0 Å². The average molecular weight is 427 g/mol. The molecule has 0 saturated carbocycles. The number of hydrogen-bond donors (Lipinski definition) is 0. The van der Waals surface area contributed by atoms with Gasteiger partial charge < -0.3 is 23.7 Å². The monoisotopic (exact) mass is 426 g/mol. The van der Waals surface area contributed by atoms with Crippen LogP contribution in [-0.2, 0) is 41.7 Å². The van der Waals surface area contributed by atoms with Crippen molar-refractivity contribution in [3.8, 4) is 0 Å². The van der Waals surface area contributed by atoms with E-state index in [4.69, 9.17) is 23.7 Å². The van der Waals surface area contributed by atoms with Crippen molar-refractivity contribution in [2.24, 2.45) is 0 Å². The van der Waals surface area contributed by atoms with E-state index in [2.05, 4.69) is 6.58 Å². The quantitative estimate of drug-likeness (QED) is 0.422. The highest BCUT2D eigenvalue weighted by molar-refractivity contribution is 5.66. The Morgan fingerprint density at radius 3 is 1.97 bits per heavy atom. The molecular formula is C25H30O6. The highest BCUT2D eigenvalue weighted by Gasteiger charge is 2.48. The van der Waals surface area contributed by atoms with Crippen LogP contribution in [0.25, 0.3) is 0 Å². The van der Waals surface area contributed by atoms with Gasteiger partial charge in [0.1, 0.15) is 12.2 Å². The first-order valence-electron chi connectivity index (χ1n) is 10.4. The van der Waals surface area contributed by atoms with Crippen LogP contribution in [0.4, 0.5) is 0 Å². The van der Waals surface area contributed by atoms with Gasteiger partial charge in [-0.25, -0.2) is 0 Å². The van der Waals surface area contributed by atoms with E-state index in [1.165, 1.54) is 6.92 Å². The Balaban J connectivity index is 1.83. The van der Waals surface area contributed by atoms with Crippen molar-refractivity contribution in [3.63, 3.8) is 0 Å². The van der Waals surface area contributed by atoms with Crippen LogP contribution in [0, 0.1) is 0 Å². The molecule has 0 bridgehead atoms. The Hall–Kier alpha value is -2.51. The minimum Gasteiger partial charge on any atom is -0.457 e. The molecule has 0 unspecified atom stereocenters. The van der Waals surface area contributed by atoms with E-state index < -0.39 is 36.7 Å². The number of ether oxygens (including phenoxy) is 5. The predicted octanol–water partition coefficient (Wildman–Crippen LogP) is 4.04. The van der Waals surface area contributed by atoms with E-state index in [1.807, 2.05) is 67.6 Å². The lowest BCUT2D eigenvalue weighted by molar-refractivity contribution is -0.312. The molecule has 2 aromatic carbocycles. The van der Waals surface area contributed by atoms with Gasteiger partial charge in [-0.05, 0) is 18.1 Å². The van der Waals surface area contributed by atoms with Crippen molar-refractivity contribution in [1.29, 1.82) is 0 Å². The van der Waals surface area contributed by atoms with Crippen LogP contribution in [0.15, 0.2) is 73.3 Å². The maximum Gasteiger partial charge on any atom is 0.303 e. The van der Waals surface area contributed by atoms with Gasteiger partial charge in [0.05, 0.1) is 25.9 Å². The van der Waals surface area contributed by atoms with E-state index in [0.717, 1.165) is 11.1 Å². The van der Waals surface area contributed by atoms with Crippen molar-refractivity contribution < 1.29 is 28.5 Å². The molecule has 5 atom stereocenters. The van der Waals surface area contributed by atoms with Crippen molar-refractivity contribution in [2.45, 2.75) is 57.8 Å². The van der Waals surface area contributed by atoms with Crippen LogP contribution in [0.2, 0.25) is 0 Å². The maximum absolute atomic E-state index is 11.8. The molecule has 0 N–H and O–H groups in total. The molecule has 6 nitrogen and oxygen atoms in total. The number of carbonyl (C=O) groups excluding carboxylic acids is 1. The summed E-state index contributed by atoms with van der Waals surface area (Å²) in [6.45, 7) is 7.91. The fraction of sp³-hybridized carbons (Fsp3) is 0.400. The van der Waals surface area contributed by atoms with Crippen molar-refractivity contribution in [1.82, 2.24) is 0 Å². The first-order valence-corrected chi connectivity index (χ1v) is 10.4. The summed E-state index contributed by atoms with van der Waals surface area (Å²) in [7, 11) is 0. The third-order valence-corrected chi connectivity index (χ3v) is 4.98. The van der Waals surface area contributed by atoms with Gasteiger partial charge in [-0.3, -0.25) is 4.79 Å². The van der Waals surface area contributed by atoms with Gasteiger partial charge in [-0.15, -0.1) is 6.58 Å². The first kappa shape index (κ1) is 23.2. The molecule has 1 heterocycles. The summed E-state index contributed by atoms with van der Waals surface area (Å²) in [5, 5.41) is 0. The zero-order valence-electron chi connectivity index (χ0n) is 18.0. The highest BCUT2D eigenvalue weighted by Crippen LogP contribution is 2.30. The van der Waals surface area contributed by atoms with Gasteiger partial charge in [0.15, 0.2) is 12.4 Å². The molecule has 0 spiro atoms. The second kappa shape index (κ2) is 11.8. The molecule has 0 radical (unpaired) electrons. The van der Waals surface area contributed by atoms with Crippen molar-refractivity contribution in [2.75, 3.05) is 6.61 Å². The summed E-state index contributed by atoms with van der Waals surface area (Å²) in [5.41, 5.74) is 2.02. The molecule has 1 fully saturated rings. The Morgan fingerprint density at radius 2 is 1.45 bits per heavy atom. The molecule has 166 valence electrons. The molecule has 0 aromatic heterocycles. The third kappa shape index (κ3) is 6.74. The van der Waals surface area contributed by atoms with Crippen molar-refractivity contribution in [3.05, 3.63) is 84.4 Å². The summed E-state index contributed by atoms with van der Waals surface area (Å²) in [6.07, 6.45) is -1.29. The van der Waals surface area contributed by atoms with E-state index in [1.54, 1.807) is 6.08 Å².